The number of carbonyl (C=O) groups excluding carboxylic acids is 1. The molecule has 0 saturated heterocycles. The first-order valence-electron chi connectivity index (χ1n) is 8.59. The largest absolute Gasteiger partial charge is 0.324 e. The van der Waals surface area contributed by atoms with E-state index < -0.39 is 0 Å². The van der Waals surface area contributed by atoms with Crippen molar-refractivity contribution in [3.05, 3.63) is 35.7 Å². The fourth-order valence-electron chi connectivity index (χ4n) is 2.80. The van der Waals surface area contributed by atoms with E-state index in [0.29, 0.717) is 23.2 Å². The lowest BCUT2D eigenvalue weighted by atomic mass is 10.2. The molecule has 1 heterocycles. The van der Waals surface area contributed by atoms with Crippen molar-refractivity contribution >= 4 is 23.4 Å². The maximum atomic E-state index is 12.5. The normalized spacial score (nSPS) is 17.8. The number of hydrogen-bond donors (Lipinski definition) is 1. The van der Waals surface area contributed by atoms with E-state index in [-0.39, 0.29) is 11.2 Å². The van der Waals surface area contributed by atoms with Gasteiger partial charge in [0, 0.05) is 12.0 Å². The Morgan fingerprint density at radius 3 is 2.76 bits per heavy atom. The average molecular weight is 353 g/mol. The van der Waals surface area contributed by atoms with Crippen LogP contribution in [0, 0.1) is 11.3 Å². The lowest BCUT2D eigenvalue weighted by Crippen LogP contribution is -2.23. The number of aromatic nitrogens is 3. The third-order valence-electron chi connectivity index (χ3n) is 4.50. The van der Waals surface area contributed by atoms with Gasteiger partial charge >= 0.3 is 0 Å². The van der Waals surface area contributed by atoms with Crippen LogP contribution in [0.4, 0.5) is 5.69 Å². The number of carbonyl (C=O) groups is 1. The van der Waals surface area contributed by atoms with Crippen LogP contribution in [0.25, 0.3) is 0 Å². The average Bonchev–Trinajstić information content (AvgIpc) is 3.54. The number of amides is 1. The molecule has 0 radical (unpaired) electrons. The topological polar surface area (TPSA) is 83.6 Å². The van der Waals surface area contributed by atoms with Gasteiger partial charge in [-0.1, -0.05) is 23.9 Å². The van der Waals surface area contributed by atoms with Crippen LogP contribution >= 0.6 is 11.8 Å². The maximum Gasteiger partial charge on any atom is 0.237 e. The monoisotopic (exact) mass is 353 g/mol. The Hall–Kier alpha value is -2.33. The van der Waals surface area contributed by atoms with Crippen LogP contribution in [-0.2, 0) is 4.79 Å². The number of rotatable bonds is 6. The molecule has 0 spiro atoms. The van der Waals surface area contributed by atoms with Gasteiger partial charge in [-0.2, -0.15) is 5.26 Å². The number of nitriles is 1. The zero-order valence-electron chi connectivity index (χ0n) is 14.0. The van der Waals surface area contributed by atoms with Crippen LogP contribution in [0.3, 0.4) is 0 Å². The number of para-hydroxylation sites is 1. The predicted octanol–water partition coefficient (Wildman–Crippen LogP) is 3.48. The fraction of sp³-hybridized carbons (Fsp3) is 0.444. The quantitative estimate of drug-likeness (QED) is 0.804. The van der Waals surface area contributed by atoms with Gasteiger partial charge in [0.2, 0.25) is 5.91 Å². The van der Waals surface area contributed by atoms with Crippen LogP contribution in [0.15, 0.2) is 29.4 Å². The number of hydrogen-bond acceptors (Lipinski definition) is 5. The van der Waals surface area contributed by atoms with Gasteiger partial charge in [0.15, 0.2) is 5.16 Å². The lowest BCUT2D eigenvalue weighted by molar-refractivity contribution is -0.115. The molecular weight excluding hydrogens is 334 g/mol. The van der Waals surface area contributed by atoms with Gasteiger partial charge in [0.05, 0.1) is 16.5 Å². The summed E-state index contributed by atoms with van der Waals surface area (Å²) in [5.41, 5.74) is 1.01. The SMILES string of the molecule is C[C@H](Sc1nnc(C2CC2)n1C1CC1)C(=O)Nc1ccccc1C#N. The van der Waals surface area contributed by atoms with E-state index in [1.165, 1.54) is 37.4 Å². The van der Waals surface area contributed by atoms with Gasteiger partial charge in [-0.25, -0.2) is 0 Å². The van der Waals surface area contributed by atoms with E-state index in [1.54, 1.807) is 24.3 Å². The summed E-state index contributed by atoms with van der Waals surface area (Å²) in [5.74, 6) is 1.51. The van der Waals surface area contributed by atoms with Gasteiger partial charge in [-0.3, -0.25) is 4.79 Å². The molecule has 1 amide bonds. The summed E-state index contributed by atoms with van der Waals surface area (Å²) in [5, 5.41) is 21.2. The second-order valence-electron chi connectivity index (χ2n) is 6.62. The molecule has 2 saturated carbocycles. The van der Waals surface area contributed by atoms with Crippen molar-refractivity contribution in [2.24, 2.45) is 0 Å². The molecule has 2 aliphatic rings. The lowest BCUT2D eigenvalue weighted by Gasteiger charge is -2.13. The summed E-state index contributed by atoms with van der Waals surface area (Å²) >= 11 is 1.44. The Kier molecular flexibility index (Phi) is 4.22. The smallest absolute Gasteiger partial charge is 0.237 e. The minimum absolute atomic E-state index is 0.133. The molecule has 0 bridgehead atoms. The second kappa shape index (κ2) is 6.52. The van der Waals surface area contributed by atoms with Gasteiger partial charge in [-0.05, 0) is 44.7 Å². The predicted molar refractivity (Wildman–Crippen MR) is 95.4 cm³/mol. The highest BCUT2D eigenvalue weighted by Gasteiger charge is 2.37. The van der Waals surface area contributed by atoms with Gasteiger partial charge < -0.3 is 9.88 Å². The fourth-order valence-corrected chi connectivity index (χ4v) is 3.73. The van der Waals surface area contributed by atoms with Crippen molar-refractivity contribution in [1.29, 1.82) is 5.26 Å². The Morgan fingerprint density at radius 1 is 1.32 bits per heavy atom. The first-order valence-corrected chi connectivity index (χ1v) is 9.46. The first-order chi connectivity index (χ1) is 12.2. The van der Waals surface area contributed by atoms with Crippen molar-refractivity contribution in [2.75, 3.05) is 5.32 Å². The second-order valence-corrected chi connectivity index (χ2v) is 7.93. The molecule has 6 nitrogen and oxygen atoms in total. The van der Waals surface area contributed by atoms with Crippen LogP contribution in [-0.4, -0.2) is 25.9 Å². The molecule has 2 fully saturated rings. The highest BCUT2D eigenvalue weighted by Crippen LogP contribution is 2.46. The Balaban J connectivity index is 1.48. The summed E-state index contributed by atoms with van der Waals surface area (Å²) in [6.07, 6.45) is 4.72. The molecule has 1 atom stereocenters. The molecule has 1 N–H and O–H groups in total. The summed E-state index contributed by atoms with van der Waals surface area (Å²) in [7, 11) is 0. The standard InChI is InChI=1S/C18H19N5OS/c1-11(17(24)20-15-5-3-2-4-13(15)10-19)25-18-22-21-16(12-6-7-12)23(18)14-8-9-14/h2-5,11-12,14H,6-9H2,1H3,(H,20,24)/t11-/m0/s1. The summed E-state index contributed by atoms with van der Waals surface area (Å²) in [6.45, 7) is 1.86. The molecule has 2 aliphatic carbocycles. The Bertz CT molecular complexity index is 847. The molecule has 128 valence electrons. The van der Waals surface area contributed by atoms with Gasteiger partial charge in [-0.15, -0.1) is 10.2 Å². The van der Waals surface area contributed by atoms with Crippen LogP contribution in [0.1, 0.15) is 56.0 Å². The Labute approximate surface area is 150 Å². The third-order valence-corrected chi connectivity index (χ3v) is 5.56. The molecule has 25 heavy (non-hydrogen) atoms. The zero-order chi connectivity index (χ0) is 17.4. The molecule has 0 aliphatic heterocycles. The van der Waals surface area contributed by atoms with Crippen molar-refractivity contribution in [3.63, 3.8) is 0 Å². The van der Waals surface area contributed by atoms with Crippen LogP contribution in [0.2, 0.25) is 0 Å². The molecule has 1 aromatic carbocycles. The van der Waals surface area contributed by atoms with Crippen molar-refractivity contribution in [1.82, 2.24) is 14.8 Å². The van der Waals surface area contributed by atoms with E-state index in [9.17, 15) is 4.79 Å². The van der Waals surface area contributed by atoms with E-state index >= 15 is 0 Å². The number of nitrogens with zero attached hydrogens (tertiary/aromatic N) is 4. The third kappa shape index (κ3) is 3.40. The van der Waals surface area contributed by atoms with Crippen molar-refractivity contribution in [2.45, 2.75) is 55.0 Å². The van der Waals surface area contributed by atoms with Gasteiger partial charge in [0.25, 0.3) is 0 Å². The molecular formula is C18H19N5OS. The van der Waals surface area contributed by atoms with Crippen molar-refractivity contribution < 1.29 is 4.79 Å². The minimum atomic E-state index is -0.319. The first kappa shape index (κ1) is 16.2. The number of nitrogens with one attached hydrogen (secondary N) is 1. The molecule has 7 heteroatoms. The van der Waals surface area contributed by atoms with Gasteiger partial charge in [0.1, 0.15) is 11.9 Å². The van der Waals surface area contributed by atoms with Crippen LogP contribution < -0.4 is 5.32 Å². The highest BCUT2D eigenvalue weighted by molar-refractivity contribution is 8.00. The van der Waals surface area contributed by atoms with E-state index in [2.05, 4.69) is 26.2 Å². The summed E-state index contributed by atoms with van der Waals surface area (Å²) in [6, 6.07) is 9.62. The molecule has 0 unspecified atom stereocenters. The number of benzene rings is 1. The van der Waals surface area contributed by atoms with E-state index in [1.807, 2.05) is 6.92 Å². The molecule has 2 aromatic rings. The Morgan fingerprint density at radius 2 is 2.08 bits per heavy atom. The highest BCUT2D eigenvalue weighted by atomic mass is 32.2. The molecule has 1 aromatic heterocycles. The zero-order valence-corrected chi connectivity index (χ0v) is 14.8. The van der Waals surface area contributed by atoms with Crippen molar-refractivity contribution in [3.8, 4) is 6.07 Å². The molecule has 4 rings (SSSR count). The number of anilines is 1. The van der Waals surface area contributed by atoms with Crippen LogP contribution in [0.5, 0.6) is 0 Å². The minimum Gasteiger partial charge on any atom is -0.324 e. The summed E-state index contributed by atoms with van der Waals surface area (Å²) in [4.78, 5) is 12.5. The summed E-state index contributed by atoms with van der Waals surface area (Å²) < 4.78 is 2.25. The van der Waals surface area contributed by atoms with E-state index in [0.717, 1.165) is 11.0 Å². The number of thioether (sulfide) groups is 1. The van der Waals surface area contributed by atoms with E-state index in [4.69, 9.17) is 5.26 Å². The maximum absolute atomic E-state index is 12.5.